The first-order valence-electron chi connectivity index (χ1n) is 3.79. The van der Waals surface area contributed by atoms with Crippen LogP contribution in [0, 0.1) is 5.92 Å². The highest BCUT2D eigenvalue weighted by molar-refractivity contribution is 5.04. The molecule has 1 aliphatic rings. The molecule has 1 heterocycles. The zero-order chi connectivity index (χ0) is 7.40. The molecular weight excluding hydrogens is 124 g/mol. The van der Waals surface area contributed by atoms with E-state index in [0.29, 0.717) is 5.92 Å². The molecule has 0 saturated heterocycles. The van der Waals surface area contributed by atoms with Crippen molar-refractivity contribution >= 4 is 0 Å². The Morgan fingerprint density at radius 1 is 1.60 bits per heavy atom. The molecule has 0 aromatic carbocycles. The lowest BCUT2D eigenvalue weighted by Crippen LogP contribution is -1.95. The van der Waals surface area contributed by atoms with Gasteiger partial charge in [-0.3, -0.25) is 0 Å². The molecule has 0 aliphatic carbocycles. The predicted molar refractivity (Wildman–Crippen MR) is 42.4 cm³/mol. The number of hydrogen-bond donors (Lipinski definition) is 0. The maximum atomic E-state index is 5.27. The van der Waals surface area contributed by atoms with E-state index in [1.54, 1.807) is 6.26 Å². The SMILES string of the molecule is CC(C)CC1=CCC=CO1. The van der Waals surface area contributed by atoms with E-state index in [-0.39, 0.29) is 0 Å². The van der Waals surface area contributed by atoms with Crippen LogP contribution < -0.4 is 0 Å². The summed E-state index contributed by atoms with van der Waals surface area (Å²) >= 11 is 0. The molecule has 0 saturated carbocycles. The topological polar surface area (TPSA) is 9.23 Å². The van der Waals surface area contributed by atoms with Crippen LogP contribution in [0.4, 0.5) is 0 Å². The van der Waals surface area contributed by atoms with E-state index in [1.807, 2.05) is 6.08 Å². The van der Waals surface area contributed by atoms with Gasteiger partial charge in [-0.15, -0.1) is 0 Å². The second kappa shape index (κ2) is 3.45. The Kier molecular flexibility index (Phi) is 2.55. The van der Waals surface area contributed by atoms with Crippen molar-refractivity contribution in [2.24, 2.45) is 5.92 Å². The minimum absolute atomic E-state index is 0.692. The third-order valence-corrected chi connectivity index (χ3v) is 1.41. The van der Waals surface area contributed by atoms with Crippen LogP contribution in [0.2, 0.25) is 0 Å². The zero-order valence-corrected chi connectivity index (χ0v) is 6.63. The van der Waals surface area contributed by atoms with Crippen LogP contribution in [0.3, 0.4) is 0 Å². The van der Waals surface area contributed by atoms with Gasteiger partial charge in [0.05, 0.1) is 12.0 Å². The molecule has 0 N–H and O–H groups in total. The number of ether oxygens (including phenoxy) is 1. The summed E-state index contributed by atoms with van der Waals surface area (Å²) in [5.41, 5.74) is 0. The molecule has 0 atom stereocenters. The van der Waals surface area contributed by atoms with Crippen molar-refractivity contribution in [3.8, 4) is 0 Å². The minimum atomic E-state index is 0.692. The third-order valence-electron chi connectivity index (χ3n) is 1.41. The minimum Gasteiger partial charge on any atom is -0.470 e. The second-order valence-corrected chi connectivity index (χ2v) is 2.99. The van der Waals surface area contributed by atoms with Crippen molar-refractivity contribution in [3.05, 3.63) is 24.2 Å². The normalized spacial score (nSPS) is 16.9. The Hall–Kier alpha value is -0.720. The summed E-state index contributed by atoms with van der Waals surface area (Å²) in [6.07, 6.45) is 8.02. The molecule has 56 valence electrons. The van der Waals surface area contributed by atoms with Crippen LogP contribution in [0.5, 0.6) is 0 Å². The smallest absolute Gasteiger partial charge is 0.0997 e. The first kappa shape index (κ1) is 7.39. The molecule has 0 unspecified atom stereocenters. The lowest BCUT2D eigenvalue weighted by molar-refractivity contribution is 0.309. The van der Waals surface area contributed by atoms with Gasteiger partial charge >= 0.3 is 0 Å². The fourth-order valence-electron chi connectivity index (χ4n) is 0.972. The Bertz CT molecular complexity index is 154. The van der Waals surface area contributed by atoms with Crippen molar-refractivity contribution in [3.63, 3.8) is 0 Å². The number of rotatable bonds is 2. The lowest BCUT2D eigenvalue weighted by atomic mass is 10.1. The van der Waals surface area contributed by atoms with Crippen molar-refractivity contribution in [2.75, 3.05) is 0 Å². The van der Waals surface area contributed by atoms with Gasteiger partial charge in [-0.25, -0.2) is 0 Å². The van der Waals surface area contributed by atoms with Crippen LogP contribution in [-0.4, -0.2) is 0 Å². The summed E-state index contributed by atoms with van der Waals surface area (Å²) in [6.45, 7) is 4.39. The van der Waals surface area contributed by atoms with E-state index in [2.05, 4.69) is 19.9 Å². The summed E-state index contributed by atoms with van der Waals surface area (Å²) in [7, 11) is 0. The molecule has 1 nitrogen and oxygen atoms in total. The summed E-state index contributed by atoms with van der Waals surface area (Å²) < 4.78 is 5.27. The molecule has 1 heteroatoms. The fraction of sp³-hybridized carbons (Fsp3) is 0.556. The maximum Gasteiger partial charge on any atom is 0.0997 e. The summed E-state index contributed by atoms with van der Waals surface area (Å²) in [6, 6.07) is 0. The lowest BCUT2D eigenvalue weighted by Gasteiger charge is -2.11. The Morgan fingerprint density at radius 2 is 2.40 bits per heavy atom. The van der Waals surface area contributed by atoms with Gasteiger partial charge in [0.25, 0.3) is 0 Å². The van der Waals surface area contributed by atoms with Gasteiger partial charge in [0.2, 0.25) is 0 Å². The Labute approximate surface area is 62.4 Å². The van der Waals surface area contributed by atoms with Gasteiger partial charge in [0.1, 0.15) is 0 Å². The second-order valence-electron chi connectivity index (χ2n) is 2.99. The molecule has 0 amide bonds. The fourth-order valence-corrected chi connectivity index (χ4v) is 0.972. The molecule has 1 rings (SSSR count). The molecular formula is C9H14O. The zero-order valence-electron chi connectivity index (χ0n) is 6.63. The van der Waals surface area contributed by atoms with E-state index in [4.69, 9.17) is 4.74 Å². The predicted octanol–water partition coefficient (Wildman–Crippen LogP) is 2.85. The van der Waals surface area contributed by atoms with E-state index < -0.39 is 0 Å². The van der Waals surface area contributed by atoms with Gasteiger partial charge in [0.15, 0.2) is 0 Å². The maximum absolute atomic E-state index is 5.27. The van der Waals surface area contributed by atoms with E-state index >= 15 is 0 Å². The van der Waals surface area contributed by atoms with Crippen molar-refractivity contribution in [2.45, 2.75) is 26.7 Å². The number of hydrogen-bond acceptors (Lipinski definition) is 1. The first-order valence-corrected chi connectivity index (χ1v) is 3.79. The molecule has 0 spiro atoms. The molecule has 0 fully saturated rings. The average molecular weight is 138 g/mol. The molecule has 0 aromatic heterocycles. The summed E-state index contributed by atoms with van der Waals surface area (Å²) in [4.78, 5) is 0. The molecule has 1 aliphatic heterocycles. The quantitative estimate of drug-likeness (QED) is 0.570. The third kappa shape index (κ3) is 2.26. The van der Waals surface area contributed by atoms with Crippen LogP contribution in [0.1, 0.15) is 26.7 Å². The summed E-state index contributed by atoms with van der Waals surface area (Å²) in [5, 5.41) is 0. The number of allylic oxidation sites excluding steroid dienone is 3. The monoisotopic (exact) mass is 138 g/mol. The van der Waals surface area contributed by atoms with Gasteiger partial charge in [-0.1, -0.05) is 13.8 Å². The average Bonchev–Trinajstić information content (AvgIpc) is 1.88. The highest BCUT2D eigenvalue weighted by atomic mass is 16.5. The standard InChI is InChI=1S/C9H14O/c1-8(2)7-9-5-3-4-6-10-9/h4-6,8H,3,7H2,1-2H3. The van der Waals surface area contributed by atoms with Crippen LogP contribution in [-0.2, 0) is 4.74 Å². The summed E-state index contributed by atoms with van der Waals surface area (Å²) in [5.74, 6) is 1.82. The van der Waals surface area contributed by atoms with E-state index in [9.17, 15) is 0 Å². The van der Waals surface area contributed by atoms with E-state index in [1.165, 1.54) is 0 Å². The van der Waals surface area contributed by atoms with Gasteiger partial charge in [0, 0.05) is 6.42 Å². The van der Waals surface area contributed by atoms with Crippen molar-refractivity contribution in [1.82, 2.24) is 0 Å². The van der Waals surface area contributed by atoms with Crippen molar-refractivity contribution < 1.29 is 4.74 Å². The molecule has 0 radical (unpaired) electrons. The molecule has 0 bridgehead atoms. The van der Waals surface area contributed by atoms with Gasteiger partial charge < -0.3 is 4.74 Å². The first-order chi connectivity index (χ1) is 4.79. The van der Waals surface area contributed by atoms with Crippen LogP contribution in [0.25, 0.3) is 0 Å². The van der Waals surface area contributed by atoms with Crippen LogP contribution in [0.15, 0.2) is 24.2 Å². The van der Waals surface area contributed by atoms with Crippen molar-refractivity contribution in [1.29, 1.82) is 0 Å². The van der Waals surface area contributed by atoms with Crippen LogP contribution >= 0.6 is 0 Å². The Balaban J connectivity index is 2.34. The molecule has 10 heavy (non-hydrogen) atoms. The van der Waals surface area contributed by atoms with E-state index in [0.717, 1.165) is 18.6 Å². The highest BCUT2D eigenvalue weighted by Gasteiger charge is 2.02. The largest absolute Gasteiger partial charge is 0.470 e. The van der Waals surface area contributed by atoms with Gasteiger partial charge in [-0.2, -0.15) is 0 Å². The van der Waals surface area contributed by atoms with Gasteiger partial charge in [-0.05, 0) is 24.5 Å². The Morgan fingerprint density at radius 3 is 2.90 bits per heavy atom. The highest BCUT2D eigenvalue weighted by Crippen LogP contribution is 2.15. The molecule has 0 aromatic rings.